The van der Waals surface area contributed by atoms with Crippen LogP contribution in [0.4, 0.5) is 0 Å². The summed E-state index contributed by atoms with van der Waals surface area (Å²) in [6.07, 6.45) is 0.997. The Morgan fingerprint density at radius 2 is 1.88 bits per heavy atom. The highest BCUT2D eigenvalue weighted by atomic mass is 16.4. The predicted octanol–water partition coefficient (Wildman–Crippen LogP) is 1.79. The second-order valence-electron chi connectivity index (χ2n) is 7.02. The number of nitrogens with zero attached hydrogens (tertiary/aromatic N) is 2. The summed E-state index contributed by atoms with van der Waals surface area (Å²) < 4.78 is 0. The maximum atomic E-state index is 12.5. The summed E-state index contributed by atoms with van der Waals surface area (Å²) in [6, 6.07) is 8.66. The Balaban J connectivity index is 2.24. The van der Waals surface area contributed by atoms with Gasteiger partial charge in [0.05, 0.1) is 6.04 Å². The standard InChI is InChI=1S/C19H26N2O4/c1-13(2)9-17(19(24)25)21-11-16(10-15-7-5-4-6-8-15)20(14(3)22)12-18(21)23/h4-8,13,16-17H,9-12H2,1-3H3,(H,24,25)/t16-,17+/m1/s1. The molecule has 2 amide bonds. The van der Waals surface area contributed by atoms with Crippen LogP contribution in [0, 0.1) is 5.92 Å². The summed E-state index contributed by atoms with van der Waals surface area (Å²) >= 11 is 0. The molecule has 1 aromatic carbocycles. The van der Waals surface area contributed by atoms with Gasteiger partial charge in [0.1, 0.15) is 12.6 Å². The zero-order valence-electron chi connectivity index (χ0n) is 15.0. The van der Waals surface area contributed by atoms with Gasteiger partial charge in [0.2, 0.25) is 11.8 Å². The molecule has 6 nitrogen and oxygen atoms in total. The summed E-state index contributed by atoms with van der Waals surface area (Å²) in [6.45, 7) is 5.51. The number of benzene rings is 1. The molecule has 2 rings (SSSR count). The van der Waals surface area contributed by atoms with Gasteiger partial charge in [0, 0.05) is 13.5 Å². The Morgan fingerprint density at radius 3 is 2.40 bits per heavy atom. The molecule has 2 atom stereocenters. The zero-order valence-corrected chi connectivity index (χ0v) is 15.0. The van der Waals surface area contributed by atoms with Gasteiger partial charge in [0.25, 0.3) is 0 Å². The Morgan fingerprint density at radius 1 is 1.24 bits per heavy atom. The Bertz CT molecular complexity index is 630. The van der Waals surface area contributed by atoms with E-state index < -0.39 is 12.0 Å². The van der Waals surface area contributed by atoms with Crippen LogP contribution in [0.3, 0.4) is 0 Å². The topological polar surface area (TPSA) is 77.9 Å². The quantitative estimate of drug-likeness (QED) is 0.852. The van der Waals surface area contributed by atoms with Crippen molar-refractivity contribution in [2.75, 3.05) is 13.1 Å². The molecule has 1 N–H and O–H groups in total. The number of carbonyl (C=O) groups is 3. The lowest BCUT2D eigenvalue weighted by Crippen LogP contribution is -2.62. The molecule has 25 heavy (non-hydrogen) atoms. The molecule has 1 aromatic rings. The molecule has 6 heteroatoms. The minimum absolute atomic E-state index is 0.0608. The average molecular weight is 346 g/mol. The van der Waals surface area contributed by atoms with E-state index in [4.69, 9.17) is 0 Å². The number of amides is 2. The maximum absolute atomic E-state index is 12.5. The van der Waals surface area contributed by atoms with Gasteiger partial charge in [-0.25, -0.2) is 4.79 Å². The van der Waals surface area contributed by atoms with Gasteiger partial charge in [0.15, 0.2) is 0 Å². The number of rotatable bonds is 6. The van der Waals surface area contributed by atoms with Gasteiger partial charge in [-0.2, -0.15) is 0 Å². The smallest absolute Gasteiger partial charge is 0.326 e. The lowest BCUT2D eigenvalue weighted by molar-refractivity contribution is -0.158. The van der Waals surface area contributed by atoms with Gasteiger partial charge in [-0.15, -0.1) is 0 Å². The van der Waals surface area contributed by atoms with E-state index in [1.54, 1.807) is 4.90 Å². The molecule has 0 saturated carbocycles. The third-order valence-corrected chi connectivity index (χ3v) is 4.55. The van der Waals surface area contributed by atoms with Crippen LogP contribution in [0.15, 0.2) is 30.3 Å². The van der Waals surface area contributed by atoms with Crippen molar-refractivity contribution in [3.05, 3.63) is 35.9 Å². The fraction of sp³-hybridized carbons (Fsp3) is 0.526. The first-order chi connectivity index (χ1) is 11.8. The van der Waals surface area contributed by atoms with Crippen molar-refractivity contribution in [2.45, 2.75) is 45.7 Å². The second kappa shape index (κ2) is 8.14. The molecule has 0 spiro atoms. The number of carbonyl (C=O) groups excluding carboxylic acids is 2. The van der Waals surface area contributed by atoms with Crippen molar-refractivity contribution in [3.63, 3.8) is 0 Å². The summed E-state index contributed by atoms with van der Waals surface area (Å²) in [5, 5.41) is 9.57. The van der Waals surface area contributed by atoms with Crippen molar-refractivity contribution in [1.29, 1.82) is 0 Å². The fourth-order valence-electron chi connectivity index (χ4n) is 3.33. The first-order valence-electron chi connectivity index (χ1n) is 8.63. The van der Waals surface area contributed by atoms with Gasteiger partial charge < -0.3 is 14.9 Å². The molecule has 1 aliphatic rings. The molecule has 0 aliphatic carbocycles. The van der Waals surface area contributed by atoms with E-state index in [9.17, 15) is 19.5 Å². The summed E-state index contributed by atoms with van der Waals surface area (Å²) in [7, 11) is 0. The molecule has 1 saturated heterocycles. The third-order valence-electron chi connectivity index (χ3n) is 4.55. The summed E-state index contributed by atoms with van der Waals surface area (Å²) in [5.74, 6) is -1.29. The molecule has 0 unspecified atom stereocenters. The van der Waals surface area contributed by atoms with Gasteiger partial charge >= 0.3 is 5.97 Å². The zero-order chi connectivity index (χ0) is 18.6. The number of carboxylic acids is 1. The first-order valence-corrected chi connectivity index (χ1v) is 8.63. The van der Waals surface area contributed by atoms with Crippen molar-refractivity contribution in [2.24, 2.45) is 5.92 Å². The van der Waals surface area contributed by atoms with Crippen LogP contribution < -0.4 is 0 Å². The monoisotopic (exact) mass is 346 g/mol. The summed E-state index contributed by atoms with van der Waals surface area (Å²) in [4.78, 5) is 39.2. The number of hydrogen-bond donors (Lipinski definition) is 1. The van der Waals surface area contributed by atoms with Crippen LogP contribution in [0.1, 0.15) is 32.8 Å². The van der Waals surface area contributed by atoms with Crippen LogP contribution in [0.5, 0.6) is 0 Å². The molecular formula is C19H26N2O4. The van der Waals surface area contributed by atoms with E-state index in [1.165, 1.54) is 11.8 Å². The van der Waals surface area contributed by atoms with Crippen LogP contribution in [-0.4, -0.2) is 57.9 Å². The van der Waals surface area contributed by atoms with Crippen molar-refractivity contribution < 1.29 is 19.5 Å². The van der Waals surface area contributed by atoms with E-state index >= 15 is 0 Å². The van der Waals surface area contributed by atoms with E-state index in [0.29, 0.717) is 12.8 Å². The third kappa shape index (κ3) is 4.81. The molecule has 0 aromatic heterocycles. The Hall–Kier alpha value is -2.37. The molecule has 1 fully saturated rings. The van der Waals surface area contributed by atoms with E-state index in [1.807, 2.05) is 44.2 Å². The van der Waals surface area contributed by atoms with Crippen molar-refractivity contribution >= 4 is 17.8 Å². The SMILES string of the molecule is CC(=O)N1CC(=O)N([C@@H](CC(C)C)C(=O)O)C[C@H]1Cc1ccccc1. The minimum Gasteiger partial charge on any atom is -0.480 e. The summed E-state index contributed by atoms with van der Waals surface area (Å²) in [5.41, 5.74) is 1.06. The molecule has 0 bridgehead atoms. The highest BCUT2D eigenvalue weighted by Crippen LogP contribution is 2.21. The maximum Gasteiger partial charge on any atom is 0.326 e. The van der Waals surface area contributed by atoms with Crippen LogP contribution in [0.25, 0.3) is 0 Å². The molecule has 1 heterocycles. The van der Waals surface area contributed by atoms with Crippen LogP contribution in [0.2, 0.25) is 0 Å². The van der Waals surface area contributed by atoms with Gasteiger partial charge in [-0.05, 0) is 24.3 Å². The fourth-order valence-corrected chi connectivity index (χ4v) is 3.33. The highest BCUT2D eigenvalue weighted by Gasteiger charge is 2.39. The number of hydrogen-bond acceptors (Lipinski definition) is 3. The van der Waals surface area contributed by atoms with Crippen LogP contribution in [-0.2, 0) is 20.8 Å². The number of piperazine rings is 1. The van der Waals surface area contributed by atoms with Crippen molar-refractivity contribution in [3.8, 4) is 0 Å². The lowest BCUT2D eigenvalue weighted by atomic mass is 9.97. The minimum atomic E-state index is -0.989. The van der Waals surface area contributed by atoms with E-state index in [2.05, 4.69) is 0 Å². The van der Waals surface area contributed by atoms with E-state index in [-0.39, 0.29) is 36.9 Å². The largest absolute Gasteiger partial charge is 0.480 e. The van der Waals surface area contributed by atoms with Crippen molar-refractivity contribution in [1.82, 2.24) is 9.80 Å². The Labute approximate surface area is 148 Å². The number of carboxylic acid groups (broad SMARTS) is 1. The second-order valence-corrected chi connectivity index (χ2v) is 7.02. The normalized spacial score (nSPS) is 19.2. The van der Waals surface area contributed by atoms with Crippen LogP contribution >= 0.6 is 0 Å². The molecular weight excluding hydrogens is 320 g/mol. The average Bonchev–Trinajstić information content (AvgIpc) is 2.54. The van der Waals surface area contributed by atoms with Gasteiger partial charge in [-0.3, -0.25) is 9.59 Å². The van der Waals surface area contributed by atoms with Gasteiger partial charge in [-0.1, -0.05) is 44.2 Å². The molecule has 0 radical (unpaired) electrons. The Kier molecular flexibility index (Phi) is 6.17. The van der Waals surface area contributed by atoms with E-state index in [0.717, 1.165) is 5.56 Å². The first kappa shape index (κ1) is 19.0. The molecule has 1 aliphatic heterocycles. The predicted molar refractivity (Wildman–Crippen MR) is 93.9 cm³/mol. The lowest BCUT2D eigenvalue weighted by Gasteiger charge is -2.43. The molecule has 136 valence electrons. The highest BCUT2D eigenvalue weighted by molar-refractivity contribution is 5.89. The number of aliphatic carboxylic acids is 1.